The number of hydrogen-bond donors (Lipinski definition) is 3. The smallest absolute Gasteiger partial charge is 0.357 e. The molecule has 0 saturated carbocycles. The van der Waals surface area contributed by atoms with Gasteiger partial charge < -0.3 is 15.8 Å². The summed E-state index contributed by atoms with van der Waals surface area (Å²) in [6, 6.07) is 5.28. The van der Waals surface area contributed by atoms with Crippen LogP contribution in [0.4, 0.5) is 5.69 Å². The minimum absolute atomic E-state index is 0.0700. The van der Waals surface area contributed by atoms with Crippen molar-refractivity contribution in [1.82, 2.24) is 15.2 Å². The highest BCUT2D eigenvalue weighted by Gasteiger charge is 2.15. The van der Waals surface area contributed by atoms with E-state index in [9.17, 15) is 4.79 Å². The lowest BCUT2D eigenvalue weighted by Gasteiger charge is -1.96. The van der Waals surface area contributed by atoms with E-state index in [1.54, 1.807) is 18.2 Å². The van der Waals surface area contributed by atoms with E-state index in [-0.39, 0.29) is 5.69 Å². The van der Waals surface area contributed by atoms with Crippen LogP contribution in [0.5, 0.6) is 0 Å². The Bertz CT molecular complexity index is 748. The molecule has 3 rings (SSSR count). The van der Waals surface area contributed by atoms with Gasteiger partial charge in [-0.2, -0.15) is 5.10 Å². The molecule has 6 nitrogen and oxygen atoms in total. The maximum Gasteiger partial charge on any atom is 0.357 e. The standard InChI is InChI=1S/C11H8N4O2/c12-5-1-2-7-6(3-5)9-8(14-7)4-13-15-10(9)11(16)17/h1-4,14H,12H2,(H,16,17). The van der Waals surface area contributed by atoms with Crippen molar-refractivity contribution in [3.05, 3.63) is 30.1 Å². The number of hydrogen-bond acceptors (Lipinski definition) is 4. The fourth-order valence-corrected chi connectivity index (χ4v) is 1.93. The van der Waals surface area contributed by atoms with Crippen LogP contribution in [0, 0.1) is 0 Å². The van der Waals surface area contributed by atoms with Crippen molar-refractivity contribution in [3.63, 3.8) is 0 Å². The van der Waals surface area contributed by atoms with Crippen LogP contribution < -0.4 is 5.73 Å². The molecule has 0 amide bonds. The molecule has 6 heteroatoms. The molecule has 4 N–H and O–H groups in total. The normalized spacial score (nSPS) is 11.1. The first kappa shape index (κ1) is 9.59. The number of nitrogens with one attached hydrogen (secondary N) is 1. The number of anilines is 1. The Morgan fingerprint density at radius 1 is 1.35 bits per heavy atom. The lowest BCUT2D eigenvalue weighted by atomic mass is 10.1. The number of fused-ring (bicyclic) bond motifs is 3. The van der Waals surface area contributed by atoms with Gasteiger partial charge in [0.05, 0.1) is 11.7 Å². The van der Waals surface area contributed by atoms with Gasteiger partial charge in [-0.15, -0.1) is 5.10 Å². The predicted molar refractivity (Wildman–Crippen MR) is 62.8 cm³/mol. The van der Waals surface area contributed by atoms with Crippen molar-refractivity contribution in [1.29, 1.82) is 0 Å². The highest BCUT2D eigenvalue weighted by molar-refractivity contribution is 6.15. The van der Waals surface area contributed by atoms with Crippen LogP contribution in [-0.2, 0) is 0 Å². The summed E-state index contributed by atoms with van der Waals surface area (Å²) in [6.07, 6.45) is 1.50. The van der Waals surface area contributed by atoms with Crippen molar-refractivity contribution in [3.8, 4) is 0 Å². The van der Waals surface area contributed by atoms with Crippen LogP contribution in [0.25, 0.3) is 21.8 Å². The lowest BCUT2D eigenvalue weighted by molar-refractivity contribution is 0.0691. The molecule has 2 aromatic heterocycles. The van der Waals surface area contributed by atoms with Gasteiger partial charge >= 0.3 is 5.97 Å². The fourth-order valence-electron chi connectivity index (χ4n) is 1.93. The van der Waals surface area contributed by atoms with Gasteiger partial charge in [0.2, 0.25) is 0 Å². The molecule has 2 heterocycles. The first-order valence-electron chi connectivity index (χ1n) is 4.92. The van der Waals surface area contributed by atoms with Crippen molar-refractivity contribution in [2.24, 2.45) is 0 Å². The van der Waals surface area contributed by atoms with Crippen LogP contribution in [-0.4, -0.2) is 26.3 Å². The first-order valence-corrected chi connectivity index (χ1v) is 4.92. The van der Waals surface area contributed by atoms with E-state index in [0.717, 1.165) is 10.9 Å². The molecule has 0 bridgehead atoms. The molecule has 0 radical (unpaired) electrons. The van der Waals surface area contributed by atoms with Gasteiger partial charge in [-0.25, -0.2) is 4.79 Å². The largest absolute Gasteiger partial charge is 0.476 e. The number of carboxylic acids is 1. The number of nitrogens with two attached hydrogens (primary N) is 1. The molecule has 0 atom stereocenters. The Balaban J connectivity index is 2.56. The van der Waals surface area contributed by atoms with E-state index < -0.39 is 5.97 Å². The Labute approximate surface area is 95.1 Å². The van der Waals surface area contributed by atoms with E-state index in [4.69, 9.17) is 10.8 Å². The third kappa shape index (κ3) is 1.31. The molecule has 84 valence electrons. The summed E-state index contributed by atoms with van der Waals surface area (Å²) in [5.41, 5.74) is 7.66. The molecule has 0 aliphatic rings. The number of aromatic amines is 1. The maximum absolute atomic E-state index is 11.1. The number of nitrogen functional groups attached to an aromatic ring is 1. The molecule has 0 spiro atoms. The van der Waals surface area contributed by atoms with Crippen LogP contribution in [0.3, 0.4) is 0 Å². The van der Waals surface area contributed by atoms with Crippen molar-refractivity contribution in [2.75, 3.05) is 5.73 Å². The van der Waals surface area contributed by atoms with Crippen LogP contribution in [0.2, 0.25) is 0 Å². The van der Waals surface area contributed by atoms with Crippen molar-refractivity contribution in [2.45, 2.75) is 0 Å². The van der Waals surface area contributed by atoms with Crippen LogP contribution in [0.1, 0.15) is 10.5 Å². The number of benzene rings is 1. The number of carbonyl (C=O) groups is 1. The van der Waals surface area contributed by atoms with E-state index >= 15 is 0 Å². The average molecular weight is 228 g/mol. The maximum atomic E-state index is 11.1. The Morgan fingerprint density at radius 2 is 2.18 bits per heavy atom. The first-order chi connectivity index (χ1) is 8.16. The fraction of sp³-hybridized carbons (Fsp3) is 0. The van der Waals surface area contributed by atoms with Crippen LogP contribution >= 0.6 is 0 Å². The summed E-state index contributed by atoms with van der Waals surface area (Å²) < 4.78 is 0. The summed E-state index contributed by atoms with van der Waals surface area (Å²) in [4.78, 5) is 14.2. The van der Waals surface area contributed by atoms with Gasteiger partial charge in [0.15, 0.2) is 5.69 Å². The van der Waals surface area contributed by atoms with Gasteiger partial charge in [-0.3, -0.25) is 0 Å². The summed E-state index contributed by atoms with van der Waals surface area (Å²) in [7, 11) is 0. The summed E-state index contributed by atoms with van der Waals surface area (Å²) in [6.45, 7) is 0. The van der Waals surface area contributed by atoms with Gasteiger partial charge in [-0.05, 0) is 18.2 Å². The number of aromatic nitrogens is 3. The SMILES string of the molecule is Nc1ccc2[nH]c3cnnc(C(=O)O)c3c2c1. The number of rotatable bonds is 1. The van der Waals surface area contributed by atoms with Gasteiger partial charge in [0.25, 0.3) is 0 Å². The van der Waals surface area contributed by atoms with Crippen molar-refractivity contribution >= 4 is 33.5 Å². The number of carboxylic acid groups (broad SMARTS) is 1. The number of H-pyrrole nitrogens is 1. The summed E-state index contributed by atoms with van der Waals surface area (Å²) >= 11 is 0. The molecule has 3 aromatic rings. The molecule has 0 unspecified atom stereocenters. The summed E-state index contributed by atoms with van der Waals surface area (Å²) in [5, 5.41) is 17.7. The van der Waals surface area contributed by atoms with E-state index in [1.165, 1.54) is 6.20 Å². The minimum atomic E-state index is -1.11. The molecular weight excluding hydrogens is 220 g/mol. The average Bonchev–Trinajstić information content (AvgIpc) is 2.66. The zero-order valence-electron chi connectivity index (χ0n) is 8.64. The zero-order chi connectivity index (χ0) is 12.0. The molecule has 0 aliphatic heterocycles. The van der Waals surface area contributed by atoms with Crippen molar-refractivity contribution < 1.29 is 9.90 Å². The van der Waals surface area contributed by atoms with E-state index in [0.29, 0.717) is 16.6 Å². The molecule has 0 aliphatic carbocycles. The topological polar surface area (TPSA) is 105 Å². The molecule has 0 fully saturated rings. The third-order valence-electron chi connectivity index (χ3n) is 2.64. The molecular formula is C11H8N4O2. The predicted octanol–water partition coefficient (Wildman–Crippen LogP) is 1.39. The highest BCUT2D eigenvalue weighted by atomic mass is 16.4. The van der Waals surface area contributed by atoms with E-state index in [1.807, 2.05) is 0 Å². The second-order valence-electron chi connectivity index (χ2n) is 3.72. The second-order valence-corrected chi connectivity index (χ2v) is 3.72. The van der Waals surface area contributed by atoms with E-state index in [2.05, 4.69) is 15.2 Å². The molecule has 0 saturated heterocycles. The molecule has 1 aromatic carbocycles. The van der Waals surface area contributed by atoms with Gasteiger partial charge in [0, 0.05) is 22.0 Å². The quantitative estimate of drug-likeness (QED) is 0.546. The number of nitrogens with zero attached hydrogens (tertiary/aromatic N) is 2. The lowest BCUT2D eigenvalue weighted by Crippen LogP contribution is -2.02. The number of aromatic carboxylic acids is 1. The van der Waals surface area contributed by atoms with Gasteiger partial charge in [-0.1, -0.05) is 0 Å². The second kappa shape index (κ2) is 3.18. The monoisotopic (exact) mass is 228 g/mol. The molecule has 17 heavy (non-hydrogen) atoms. The summed E-state index contributed by atoms with van der Waals surface area (Å²) in [5.74, 6) is -1.11. The zero-order valence-corrected chi connectivity index (χ0v) is 8.64. The Hall–Kier alpha value is -2.63. The third-order valence-corrected chi connectivity index (χ3v) is 2.64. The Kier molecular flexibility index (Phi) is 1.79. The van der Waals surface area contributed by atoms with Crippen LogP contribution in [0.15, 0.2) is 24.4 Å². The minimum Gasteiger partial charge on any atom is -0.476 e. The highest BCUT2D eigenvalue weighted by Crippen LogP contribution is 2.28. The van der Waals surface area contributed by atoms with Gasteiger partial charge in [0.1, 0.15) is 0 Å². The Morgan fingerprint density at radius 3 is 2.94 bits per heavy atom.